The predicted octanol–water partition coefficient (Wildman–Crippen LogP) is -1.67. The van der Waals surface area contributed by atoms with Crippen LogP contribution < -0.4 is 19.3 Å². The molecule has 2 heterocycles. The van der Waals surface area contributed by atoms with Crippen LogP contribution in [0.1, 0.15) is 5.56 Å². The first-order valence-corrected chi connectivity index (χ1v) is 6.34. The number of quaternary nitrogens is 2. The van der Waals surface area contributed by atoms with Crippen molar-refractivity contribution >= 4 is 0 Å². The highest BCUT2D eigenvalue weighted by Crippen LogP contribution is 2.32. The van der Waals surface area contributed by atoms with E-state index in [0.717, 1.165) is 18.0 Å². The minimum absolute atomic E-state index is 0.365. The lowest BCUT2D eigenvalue weighted by atomic mass is 10.2. The van der Waals surface area contributed by atoms with E-state index < -0.39 is 0 Å². The summed E-state index contributed by atoms with van der Waals surface area (Å²) in [7, 11) is 2.28. The van der Waals surface area contributed by atoms with Crippen molar-refractivity contribution in [2.24, 2.45) is 0 Å². The number of nitrogens with one attached hydrogen (secondary N) is 2. The third kappa shape index (κ3) is 2.37. The van der Waals surface area contributed by atoms with Crippen LogP contribution in [0, 0.1) is 0 Å². The Balaban J connectivity index is 1.65. The summed E-state index contributed by atoms with van der Waals surface area (Å²) in [5, 5.41) is 0. The molecule has 2 N–H and O–H groups in total. The fraction of sp³-hybridized carbons (Fsp3) is 0.538. The van der Waals surface area contributed by atoms with E-state index in [9.17, 15) is 0 Å². The average molecular weight is 236 g/mol. The molecule has 17 heavy (non-hydrogen) atoms. The molecule has 4 nitrogen and oxygen atoms in total. The molecule has 0 spiro atoms. The van der Waals surface area contributed by atoms with E-state index >= 15 is 0 Å². The van der Waals surface area contributed by atoms with Crippen LogP contribution in [0.4, 0.5) is 0 Å². The van der Waals surface area contributed by atoms with Gasteiger partial charge in [-0.1, -0.05) is 0 Å². The first-order chi connectivity index (χ1) is 8.31. The molecule has 0 atom stereocenters. The molecule has 1 fully saturated rings. The molecule has 0 unspecified atom stereocenters. The fourth-order valence-corrected chi connectivity index (χ4v) is 2.55. The molecule has 4 heteroatoms. The van der Waals surface area contributed by atoms with Crippen molar-refractivity contribution in [3.8, 4) is 11.5 Å². The van der Waals surface area contributed by atoms with Crippen molar-refractivity contribution in [1.29, 1.82) is 0 Å². The van der Waals surface area contributed by atoms with Gasteiger partial charge >= 0.3 is 0 Å². The lowest BCUT2D eigenvalue weighted by molar-refractivity contribution is -1.01. The van der Waals surface area contributed by atoms with Gasteiger partial charge in [-0.2, -0.15) is 0 Å². The van der Waals surface area contributed by atoms with Crippen LogP contribution in [0.15, 0.2) is 18.2 Å². The summed E-state index contributed by atoms with van der Waals surface area (Å²) in [6.45, 7) is 6.55. The van der Waals surface area contributed by atoms with Crippen LogP contribution in [0.5, 0.6) is 11.5 Å². The molecule has 2 aliphatic rings. The molecular formula is C13H20N2O2+2. The Kier molecular flexibility index (Phi) is 2.91. The van der Waals surface area contributed by atoms with Gasteiger partial charge in [-0.25, -0.2) is 0 Å². The summed E-state index contributed by atoms with van der Waals surface area (Å²) in [5.41, 5.74) is 1.35. The molecule has 0 aliphatic carbocycles. The third-order valence-electron chi connectivity index (χ3n) is 3.70. The maximum atomic E-state index is 5.41. The zero-order chi connectivity index (χ0) is 11.7. The average Bonchev–Trinajstić information content (AvgIpc) is 2.79. The first-order valence-electron chi connectivity index (χ1n) is 6.34. The van der Waals surface area contributed by atoms with Gasteiger partial charge in [0.25, 0.3) is 0 Å². The number of ether oxygens (including phenoxy) is 2. The molecule has 0 radical (unpaired) electrons. The second-order valence-electron chi connectivity index (χ2n) is 5.07. The van der Waals surface area contributed by atoms with Crippen LogP contribution in [-0.2, 0) is 6.54 Å². The lowest BCUT2D eigenvalue weighted by Gasteiger charge is -2.27. The highest BCUT2D eigenvalue weighted by Gasteiger charge is 2.21. The second kappa shape index (κ2) is 4.55. The van der Waals surface area contributed by atoms with Gasteiger partial charge in [-0.15, -0.1) is 0 Å². The quantitative estimate of drug-likeness (QED) is 0.642. The number of rotatable bonds is 2. The summed E-state index contributed by atoms with van der Waals surface area (Å²) < 4.78 is 10.7. The second-order valence-corrected chi connectivity index (χ2v) is 5.07. The Bertz CT molecular complexity index is 400. The largest absolute Gasteiger partial charge is 0.454 e. The van der Waals surface area contributed by atoms with Gasteiger partial charge in [-0.3, -0.25) is 0 Å². The van der Waals surface area contributed by atoms with E-state index in [0.29, 0.717) is 6.79 Å². The molecule has 0 saturated carbocycles. The van der Waals surface area contributed by atoms with Gasteiger partial charge in [-0.05, 0) is 18.2 Å². The van der Waals surface area contributed by atoms with Crippen molar-refractivity contribution in [1.82, 2.24) is 0 Å². The van der Waals surface area contributed by atoms with Crippen molar-refractivity contribution in [3.63, 3.8) is 0 Å². The topological polar surface area (TPSA) is 27.3 Å². The molecule has 0 amide bonds. The molecule has 92 valence electrons. The third-order valence-corrected chi connectivity index (χ3v) is 3.70. The number of fused-ring (bicyclic) bond motifs is 1. The highest BCUT2D eigenvalue weighted by molar-refractivity contribution is 5.44. The number of piperazine rings is 1. The minimum atomic E-state index is 0.365. The summed E-state index contributed by atoms with van der Waals surface area (Å²) >= 11 is 0. The molecule has 0 aromatic heterocycles. The molecular weight excluding hydrogens is 216 g/mol. The van der Waals surface area contributed by atoms with Crippen molar-refractivity contribution in [2.45, 2.75) is 6.54 Å². The molecule has 2 aliphatic heterocycles. The number of hydrogen-bond acceptors (Lipinski definition) is 2. The molecule has 0 bridgehead atoms. The Morgan fingerprint density at radius 1 is 1.06 bits per heavy atom. The van der Waals surface area contributed by atoms with Crippen LogP contribution in [0.3, 0.4) is 0 Å². The minimum Gasteiger partial charge on any atom is -0.454 e. The zero-order valence-corrected chi connectivity index (χ0v) is 10.3. The normalized spacial score (nSPS) is 27.1. The lowest BCUT2D eigenvalue weighted by Crippen LogP contribution is -3.26. The number of likely N-dealkylation sites (N-methyl/N-ethyl adjacent to an activating group) is 1. The Morgan fingerprint density at radius 3 is 2.65 bits per heavy atom. The van der Waals surface area contributed by atoms with E-state index in [2.05, 4.69) is 19.2 Å². The summed E-state index contributed by atoms with van der Waals surface area (Å²) in [4.78, 5) is 3.33. The predicted molar refractivity (Wildman–Crippen MR) is 63.6 cm³/mol. The number of hydrogen-bond donors (Lipinski definition) is 2. The standard InChI is InChI=1S/C13H18N2O2/c1-14-4-6-15(7-5-14)9-11-2-3-12-13(8-11)17-10-16-12/h2-3,8H,4-7,9-10H2,1H3/p+2. The molecule has 1 aromatic carbocycles. The van der Waals surface area contributed by atoms with Gasteiger partial charge in [0, 0.05) is 5.56 Å². The van der Waals surface area contributed by atoms with E-state index in [4.69, 9.17) is 9.47 Å². The van der Waals surface area contributed by atoms with Gasteiger partial charge in [0.2, 0.25) is 6.79 Å². The highest BCUT2D eigenvalue weighted by atomic mass is 16.7. The van der Waals surface area contributed by atoms with E-state index in [1.807, 2.05) is 6.07 Å². The summed E-state index contributed by atoms with van der Waals surface area (Å²) in [6.07, 6.45) is 0. The maximum absolute atomic E-state index is 5.41. The molecule has 1 saturated heterocycles. The molecule has 3 rings (SSSR count). The zero-order valence-electron chi connectivity index (χ0n) is 10.3. The van der Waals surface area contributed by atoms with E-state index in [1.165, 1.54) is 31.7 Å². The SMILES string of the molecule is C[NH+]1CC[NH+](Cc2ccc3c(c2)OCO3)CC1. The fourth-order valence-electron chi connectivity index (χ4n) is 2.55. The van der Waals surface area contributed by atoms with Crippen LogP contribution in [0.2, 0.25) is 0 Å². The van der Waals surface area contributed by atoms with Gasteiger partial charge in [0.15, 0.2) is 11.5 Å². The molecule has 1 aromatic rings. The van der Waals surface area contributed by atoms with Crippen molar-refractivity contribution < 1.29 is 19.3 Å². The monoisotopic (exact) mass is 236 g/mol. The van der Waals surface area contributed by atoms with Crippen LogP contribution in [0.25, 0.3) is 0 Å². The van der Waals surface area contributed by atoms with E-state index in [-0.39, 0.29) is 0 Å². The Hall–Kier alpha value is -1.26. The Morgan fingerprint density at radius 2 is 1.82 bits per heavy atom. The number of benzene rings is 1. The first kappa shape index (κ1) is 10.9. The summed E-state index contributed by atoms with van der Waals surface area (Å²) in [6, 6.07) is 6.31. The van der Waals surface area contributed by atoms with E-state index in [1.54, 1.807) is 9.80 Å². The van der Waals surface area contributed by atoms with Crippen molar-refractivity contribution in [3.05, 3.63) is 23.8 Å². The smallest absolute Gasteiger partial charge is 0.231 e. The van der Waals surface area contributed by atoms with Gasteiger partial charge < -0.3 is 19.3 Å². The summed E-state index contributed by atoms with van der Waals surface area (Å²) in [5.74, 6) is 1.79. The maximum Gasteiger partial charge on any atom is 0.231 e. The van der Waals surface area contributed by atoms with Crippen LogP contribution in [-0.4, -0.2) is 40.0 Å². The Labute approximate surface area is 102 Å². The van der Waals surface area contributed by atoms with Gasteiger partial charge in [0.1, 0.15) is 32.7 Å². The van der Waals surface area contributed by atoms with Gasteiger partial charge in [0.05, 0.1) is 7.05 Å². The van der Waals surface area contributed by atoms with Crippen LogP contribution >= 0.6 is 0 Å². The van der Waals surface area contributed by atoms with Crippen molar-refractivity contribution in [2.75, 3.05) is 40.0 Å².